The van der Waals surface area contributed by atoms with Gasteiger partial charge in [-0.2, -0.15) is 5.06 Å². The number of benzene rings is 1. The van der Waals surface area contributed by atoms with Gasteiger partial charge in [0.1, 0.15) is 11.9 Å². The lowest BCUT2D eigenvalue weighted by molar-refractivity contribution is -0.173. The monoisotopic (exact) mass is 233 g/mol. The van der Waals surface area contributed by atoms with Crippen LogP contribution in [0.25, 0.3) is 0 Å². The van der Waals surface area contributed by atoms with Crippen molar-refractivity contribution in [2.24, 2.45) is 0 Å². The molecule has 0 N–H and O–H groups in total. The number of likely N-dealkylation sites (N-methyl/N-ethyl adjacent to an activating group) is 1. The largest absolute Gasteiger partial charge is 0.494 e. The lowest BCUT2D eigenvalue weighted by Crippen LogP contribution is -2.27. The Morgan fingerprint density at radius 2 is 2.06 bits per heavy atom. The Labute approximate surface area is 103 Å². The van der Waals surface area contributed by atoms with Crippen molar-refractivity contribution in [2.45, 2.75) is 20.0 Å². The molecule has 1 unspecified atom stereocenters. The van der Waals surface area contributed by atoms with E-state index in [0.29, 0.717) is 6.61 Å². The van der Waals surface area contributed by atoms with Gasteiger partial charge >= 0.3 is 0 Å². The molecule has 0 fully saturated rings. The van der Waals surface area contributed by atoms with E-state index in [1.165, 1.54) is 5.57 Å². The van der Waals surface area contributed by atoms with E-state index in [1.54, 1.807) is 0 Å². The topological polar surface area (TPSA) is 21.7 Å². The molecule has 92 valence electrons. The molecule has 1 aromatic rings. The number of ether oxygens (including phenoxy) is 1. The van der Waals surface area contributed by atoms with Gasteiger partial charge in [0.25, 0.3) is 0 Å². The highest BCUT2D eigenvalue weighted by atomic mass is 16.7. The fourth-order valence-electron chi connectivity index (χ4n) is 1.91. The minimum absolute atomic E-state index is 0.0319. The summed E-state index contributed by atoms with van der Waals surface area (Å²) in [5.74, 6) is 0.905. The average molecular weight is 233 g/mol. The van der Waals surface area contributed by atoms with Gasteiger partial charge in [0.2, 0.25) is 0 Å². The van der Waals surface area contributed by atoms with E-state index >= 15 is 0 Å². The third-order valence-corrected chi connectivity index (χ3v) is 2.86. The van der Waals surface area contributed by atoms with Crippen molar-refractivity contribution >= 4 is 0 Å². The van der Waals surface area contributed by atoms with Gasteiger partial charge < -0.3 is 4.74 Å². The molecule has 0 bridgehead atoms. The summed E-state index contributed by atoms with van der Waals surface area (Å²) in [4.78, 5) is 5.81. The van der Waals surface area contributed by atoms with Crippen LogP contribution in [-0.2, 0) is 4.84 Å². The summed E-state index contributed by atoms with van der Waals surface area (Å²) < 4.78 is 5.43. The van der Waals surface area contributed by atoms with E-state index in [9.17, 15) is 0 Å². The molecular weight excluding hydrogens is 214 g/mol. The molecule has 1 aliphatic rings. The smallest absolute Gasteiger partial charge is 0.125 e. The van der Waals surface area contributed by atoms with Crippen molar-refractivity contribution in [1.82, 2.24) is 5.06 Å². The van der Waals surface area contributed by atoms with Crippen molar-refractivity contribution in [3.05, 3.63) is 41.5 Å². The Kier molecular flexibility index (Phi) is 3.82. The summed E-state index contributed by atoms with van der Waals surface area (Å²) in [5.41, 5.74) is 2.42. The van der Waals surface area contributed by atoms with Crippen molar-refractivity contribution in [2.75, 3.05) is 20.2 Å². The second-order valence-corrected chi connectivity index (χ2v) is 4.25. The number of hydrogen-bond acceptors (Lipinski definition) is 3. The summed E-state index contributed by atoms with van der Waals surface area (Å²) in [6.45, 7) is 5.63. The Balaban J connectivity index is 2.16. The highest BCUT2D eigenvalue weighted by molar-refractivity contribution is 5.32. The molecule has 0 spiro atoms. The summed E-state index contributed by atoms with van der Waals surface area (Å²) >= 11 is 0. The lowest BCUT2D eigenvalue weighted by Gasteiger charge is -2.29. The van der Waals surface area contributed by atoms with Crippen molar-refractivity contribution < 1.29 is 9.57 Å². The summed E-state index contributed by atoms with van der Waals surface area (Å²) in [7, 11) is 1.95. The first-order valence-corrected chi connectivity index (χ1v) is 5.98. The molecule has 0 saturated heterocycles. The molecule has 0 amide bonds. The molecule has 0 radical (unpaired) electrons. The van der Waals surface area contributed by atoms with Crippen LogP contribution < -0.4 is 4.74 Å². The zero-order valence-corrected chi connectivity index (χ0v) is 10.6. The summed E-state index contributed by atoms with van der Waals surface area (Å²) in [6, 6.07) is 8.10. The first-order valence-electron chi connectivity index (χ1n) is 5.98. The standard InChI is InChI=1S/C14H19NO2/c1-4-16-13-7-5-12(6-8-13)14-11(2)9-10-15(3)17-14/h5-9,14H,4,10H2,1-3H3. The minimum atomic E-state index is 0.0319. The second-order valence-electron chi connectivity index (χ2n) is 4.25. The molecule has 3 heteroatoms. The fourth-order valence-corrected chi connectivity index (χ4v) is 1.91. The molecule has 1 atom stereocenters. The molecule has 2 rings (SSSR count). The van der Waals surface area contributed by atoms with Gasteiger partial charge in [-0.05, 0) is 37.1 Å². The highest BCUT2D eigenvalue weighted by Gasteiger charge is 2.20. The van der Waals surface area contributed by atoms with Crippen LogP contribution in [0.1, 0.15) is 25.5 Å². The number of hydrogen-bond donors (Lipinski definition) is 0. The van der Waals surface area contributed by atoms with Crippen LogP contribution in [0.15, 0.2) is 35.9 Å². The van der Waals surface area contributed by atoms with Crippen LogP contribution >= 0.6 is 0 Å². The van der Waals surface area contributed by atoms with E-state index in [-0.39, 0.29) is 6.10 Å². The quantitative estimate of drug-likeness (QED) is 0.749. The number of rotatable bonds is 3. The maximum Gasteiger partial charge on any atom is 0.125 e. The number of hydroxylamine groups is 2. The molecule has 17 heavy (non-hydrogen) atoms. The molecule has 1 heterocycles. The third-order valence-electron chi connectivity index (χ3n) is 2.86. The van der Waals surface area contributed by atoms with Crippen LogP contribution in [0.2, 0.25) is 0 Å². The van der Waals surface area contributed by atoms with Crippen molar-refractivity contribution in [3.63, 3.8) is 0 Å². The van der Waals surface area contributed by atoms with Gasteiger partial charge in [-0.3, -0.25) is 4.84 Å². The van der Waals surface area contributed by atoms with Crippen LogP contribution in [0, 0.1) is 0 Å². The predicted octanol–water partition coefficient (Wildman–Crippen LogP) is 2.95. The molecule has 1 aromatic carbocycles. The van der Waals surface area contributed by atoms with E-state index in [2.05, 4.69) is 25.1 Å². The van der Waals surface area contributed by atoms with E-state index in [0.717, 1.165) is 17.9 Å². The Bertz CT molecular complexity index is 397. The van der Waals surface area contributed by atoms with Gasteiger partial charge in [-0.1, -0.05) is 18.2 Å². The van der Waals surface area contributed by atoms with Gasteiger partial charge in [0.15, 0.2) is 0 Å². The van der Waals surface area contributed by atoms with Crippen molar-refractivity contribution in [1.29, 1.82) is 0 Å². The summed E-state index contributed by atoms with van der Waals surface area (Å²) in [6.07, 6.45) is 2.23. The predicted molar refractivity (Wildman–Crippen MR) is 67.8 cm³/mol. The second kappa shape index (κ2) is 5.34. The molecule has 0 aliphatic carbocycles. The van der Waals surface area contributed by atoms with Gasteiger partial charge in [0, 0.05) is 13.6 Å². The molecule has 0 saturated carbocycles. The van der Waals surface area contributed by atoms with E-state index < -0.39 is 0 Å². The zero-order valence-electron chi connectivity index (χ0n) is 10.6. The highest BCUT2D eigenvalue weighted by Crippen LogP contribution is 2.30. The maximum absolute atomic E-state index is 5.81. The van der Waals surface area contributed by atoms with Crippen LogP contribution in [-0.4, -0.2) is 25.3 Å². The number of nitrogens with zero attached hydrogens (tertiary/aromatic N) is 1. The first kappa shape index (κ1) is 12.1. The molecule has 3 nitrogen and oxygen atoms in total. The Morgan fingerprint density at radius 3 is 2.71 bits per heavy atom. The van der Waals surface area contributed by atoms with Gasteiger partial charge in [-0.15, -0.1) is 0 Å². The minimum Gasteiger partial charge on any atom is -0.494 e. The van der Waals surface area contributed by atoms with E-state index in [4.69, 9.17) is 9.57 Å². The van der Waals surface area contributed by atoms with Crippen LogP contribution in [0.5, 0.6) is 5.75 Å². The summed E-state index contributed by atoms with van der Waals surface area (Å²) in [5, 5.41) is 1.86. The van der Waals surface area contributed by atoms with E-state index in [1.807, 2.05) is 31.2 Å². The zero-order chi connectivity index (χ0) is 12.3. The lowest BCUT2D eigenvalue weighted by atomic mass is 10.0. The first-order chi connectivity index (χ1) is 8.20. The molecule has 1 aliphatic heterocycles. The van der Waals surface area contributed by atoms with Gasteiger partial charge in [-0.25, -0.2) is 0 Å². The Hall–Kier alpha value is -1.32. The van der Waals surface area contributed by atoms with Crippen LogP contribution in [0.4, 0.5) is 0 Å². The normalized spacial score (nSPS) is 21.1. The molecule has 0 aromatic heterocycles. The van der Waals surface area contributed by atoms with Crippen LogP contribution in [0.3, 0.4) is 0 Å². The average Bonchev–Trinajstić information content (AvgIpc) is 2.34. The third kappa shape index (κ3) is 2.87. The maximum atomic E-state index is 5.81. The Morgan fingerprint density at radius 1 is 1.35 bits per heavy atom. The van der Waals surface area contributed by atoms with Crippen molar-refractivity contribution in [3.8, 4) is 5.75 Å². The van der Waals surface area contributed by atoms with Gasteiger partial charge in [0.05, 0.1) is 6.61 Å². The molecular formula is C14H19NO2. The SMILES string of the molecule is CCOc1ccc(C2ON(C)CC=C2C)cc1. The fraction of sp³-hybridized carbons (Fsp3) is 0.429.